The molecular formula is C17H16FN3O6S. The van der Waals surface area contributed by atoms with Crippen LogP contribution in [0.3, 0.4) is 0 Å². The number of benzene rings is 1. The number of sulfonamides is 1. The number of rotatable bonds is 5. The Hall–Kier alpha value is -3.05. The normalized spacial score (nSPS) is 15.8. The number of halogens is 1. The molecule has 0 bridgehead atoms. The summed E-state index contributed by atoms with van der Waals surface area (Å²) in [4.78, 5) is 23.6. The summed E-state index contributed by atoms with van der Waals surface area (Å²) in [6.45, 7) is 0.570. The van der Waals surface area contributed by atoms with E-state index in [0.29, 0.717) is 0 Å². The topological polar surface area (TPSA) is 114 Å². The van der Waals surface area contributed by atoms with E-state index in [4.69, 9.17) is 4.42 Å². The summed E-state index contributed by atoms with van der Waals surface area (Å²) in [6.07, 6.45) is 2.53. The second-order valence-corrected chi connectivity index (χ2v) is 7.89. The Labute approximate surface area is 159 Å². The molecule has 2 aromatic rings. The number of nitro groups is 1. The van der Waals surface area contributed by atoms with Gasteiger partial charge in [-0.1, -0.05) is 0 Å². The summed E-state index contributed by atoms with van der Waals surface area (Å²) < 4.78 is 44.3. The molecule has 0 N–H and O–H groups in total. The van der Waals surface area contributed by atoms with E-state index in [2.05, 4.69) is 0 Å². The minimum Gasteiger partial charge on any atom is -0.401 e. The van der Waals surface area contributed by atoms with Crippen LogP contribution >= 0.6 is 0 Å². The number of amides is 1. The van der Waals surface area contributed by atoms with Crippen LogP contribution in [0.5, 0.6) is 0 Å². The van der Waals surface area contributed by atoms with Gasteiger partial charge in [-0.3, -0.25) is 14.9 Å². The van der Waals surface area contributed by atoms with Gasteiger partial charge in [-0.25, -0.2) is 12.8 Å². The van der Waals surface area contributed by atoms with E-state index in [1.165, 1.54) is 45.6 Å². The Morgan fingerprint density at radius 3 is 2.32 bits per heavy atom. The lowest BCUT2D eigenvalue weighted by Gasteiger charge is -2.33. The highest BCUT2D eigenvalue weighted by atomic mass is 32.2. The second-order valence-electron chi connectivity index (χ2n) is 5.95. The van der Waals surface area contributed by atoms with Gasteiger partial charge in [-0.15, -0.1) is 0 Å². The third-order valence-electron chi connectivity index (χ3n) is 4.18. The molecule has 1 aromatic heterocycles. The Morgan fingerprint density at radius 2 is 1.75 bits per heavy atom. The SMILES string of the molecule is O=C(/C=C/c1ccc([N+](=O)[O-])o1)N1CCN(S(=O)(=O)c2ccc(F)cc2)CC1. The van der Waals surface area contributed by atoms with Crippen LogP contribution in [0.15, 0.2) is 51.8 Å². The predicted octanol–water partition coefficient (Wildman–Crippen LogP) is 1.87. The Balaban J connectivity index is 1.59. The van der Waals surface area contributed by atoms with E-state index < -0.39 is 26.6 Å². The second kappa shape index (κ2) is 7.90. The van der Waals surface area contributed by atoms with Crippen LogP contribution < -0.4 is 0 Å². The summed E-state index contributed by atoms with van der Waals surface area (Å²) in [5.74, 6) is -1.15. The fourth-order valence-corrected chi connectivity index (χ4v) is 4.12. The van der Waals surface area contributed by atoms with E-state index in [0.717, 1.165) is 12.1 Å². The molecular weight excluding hydrogens is 393 g/mol. The first kappa shape index (κ1) is 19.7. The number of nitrogens with zero attached hydrogens (tertiary/aromatic N) is 3. The highest BCUT2D eigenvalue weighted by Crippen LogP contribution is 2.19. The molecule has 1 aliphatic rings. The molecule has 0 spiro atoms. The zero-order chi connectivity index (χ0) is 20.3. The van der Waals surface area contributed by atoms with Crippen LogP contribution in [0.1, 0.15) is 5.76 Å². The molecule has 148 valence electrons. The van der Waals surface area contributed by atoms with E-state index in [9.17, 15) is 27.7 Å². The first-order chi connectivity index (χ1) is 13.3. The van der Waals surface area contributed by atoms with Crippen molar-refractivity contribution in [2.75, 3.05) is 26.2 Å². The average molecular weight is 409 g/mol. The number of hydrogen-bond acceptors (Lipinski definition) is 6. The van der Waals surface area contributed by atoms with Crippen LogP contribution in [-0.2, 0) is 14.8 Å². The highest BCUT2D eigenvalue weighted by Gasteiger charge is 2.29. The van der Waals surface area contributed by atoms with Crippen molar-refractivity contribution >= 4 is 27.9 Å². The Bertz CT molecular complexity index is 1010. The minimum absolute atomic E-state index is 0.00649. The van der Waals surface area contributed by atoms with E-state index in [-0.39, 0.29) is 42.7 Å². The van der Waals surface area contributed by atoms with Crippen molar-refractivity contribution in [3.63, 3.8) is 0 Å². The molecule has 1 aromatic carbocycles. The Kier molecular flexibility index (Phi) is 5.56. The van der Waals surface area contributed by atoms with Crippen molar-refractivity contribution in [2.45, 2.75) is 4.90 Å². The van der Waals surface area contributed by atoms with E-state index in [1.807, 2.05) is 0 Å². The maximum absolute atomic E-state index is 13.0. The molecule has 3 rings (SSSR count). The fraction of sp³-hybridized carbons (Fsp3) is 0.235. The smallest absolute Gasteiger partial charge is 0.401 e. The quantitative estimate of drug-likeness (QED) is 0.423. The molecule has 0 saturated carbocycles. The van der Waals surface area contributed by atoms with Crippen molar-refractivity contribution in [2.24, 2.45) is 0 Å². The molecule has 9 nitrogen and oxygen atoms in total. The lowest BCUT2D eigenvalue weighted by Crippen LogP contribution is -2.50. The van der Waals surface area contributed by atoms with Gasteiger partial charge in [0.15, 0.2) is 0 Å². The van der Waals surface area contributed by atoms with Crippen LogP contribution in [0.2, 0.25) is 0 Å². The molecule has 11 heteroatoms. The van der Waals surface area contributed by atoms with Crippen LogP contribution in [0, 0.1) is 15.9 Å². The Morgan fingerprint density at radius 1 is 1.11 bits per heavy atom. The number of furan rings is 1. The summed E-state index contributed by atoms with van der Waals surface area (Å²) in [6, 6.07) is 7.12. The number of piperazine rings is 1. The first-order valence-corrected chi connectivity index (χ1v) is 9.68. The van der Waals surface area contributed by atoms with Gasteiger partial charge in [0.25, 0.3) is 0 Å². The van der Waals surface area contributed by atoms with E-state index >= 15 is 0 Å². The largest absolute Gasteiger partial charge is 0.433 e. The van der Waals surface area contributed by atoms with Gasteiger partial charge in [0.1, 0.15) is 16.5 Å². The summed E-state index contributed by atoms with van der Waals surface area (Å²) >= 11 is 0. The zero-order valence-corrected chi connectivity index (χ0v) is 15.3. The standard InChI is InChI=1S/C17H16FN3O6S/c18-13-1-5-15(6-2-13)28(25,26)20-11-9-19(10-12-20)16(22)7-3-14-4-8-17(27-14)21(23)24/h1-8H,9-12H2/b7-3+. The lowest BCUT2D eigenvalue weighted by molar-refractivity contribution is -0.402. The molecule has 0 unspecified atom stereocenters. The zero-order valence-electron chi connectivity index (χ0n) is 14.5. The summed E-state index contributed by atoms with van der Waals surface area (Å²) in [7, 11) is -3.76. The highest BCUT2D eigenvalue weighted by molar-refractivity contribution is 7.89. The maximum Gasteiger partial charge on any atom is 0.433 e. The molecule has 0 aliphatic carbocycles. The third kappa shape index (κ3) is 4.26. The summed E-state index contributed by atoms with van der Waals surface area (Å²) in [5.41, 5.74) is 0. The third-order valence-corrected chi connectivity index (χ3v) is 6.10. The molecule has 1 fully saturated rings. The van der Waals surface area contributed by atoms with Gasteiger partial charge in [-0.2, -0.15) is 4.31 Å². The van der Waals surface area contributed by atoms with Gasteiger partial charge >= 0.3 is 5.88 Å². The number of carbonyl (C=O) groups excluding carboxylic acids is 1. The van der Waals surface area contributed by atoms with Crippen molar-refractivity contribution in [1.29, 1.82) is 0 Å². The summed E-state index contributed by atoms with van der Waals surface area (Å²) in [5, 5.41) is 10.6. The van der Waals surface area contributed by atoms with Crippen LogP contribution in [-0.4, -0.2) is 54.6 Å². The molecule has 1 saturated heterocycles. The number of carbonyl (C=O) groups is 1. The van der Waals surface area contributed by atoms with Gasteiger partial charge in [0.05, 0.1) is 11.0 Å². The van der Waals surface area contributed by atoms with Crippen molar-refractivity contribution < 1.29 is 26.9 Å². The van der Waals surface area contributed by atoms with Gasteiger partial charge in [0.2, 0.25) is 15.9 Å². The van der Waals surface area contributed by atoms with Gasteiger partial charge in [-0.05, 0) is 36.4 Å². The van der Waals surface area contributed by atoms with Crippen LogP contribution in [0.25, 0.3) is 6.08 Å². The molecule has 2 heterocycles. The van der Waals surface area contributed by atoms with Gasteiger partial charge in [0, 0.05) is 32.3 Å². The monoisotopic (exact) mass is 409 g/mol. The lowest BCUT2D eigenvalue weighted by atomic mass is 10.3. The van der Waals surface area contributed by atoms with Gasteiger partial charge < -0.3 is 9.32 Å². The molecule has 1 amide bonds. The minimum atomic E-state index is -3.76. The average Bonchev–Trinajstić information content (AvgIpc) is 3.16. The van der Waals surface area contributed by atoms with Crippen molar-refractivity contribution in [3.8, 4) is 0 Å². The van der Waals surface area contributed by atoms with Crippen molar-refractivity contribution in [1.82, 2.24) is 9.21 Å². The fourth-order valence-electron chi connectivity index (χ4n) is 2.69. The molecule has 28 heavy (non-hydrogen) atoms. The van der Waals surface area contributed by atoms with E-state index in [1.54, 1.807) is 0 Å². The maximum atomic E-state index is 13.0. The molecule has 0 atom stereocenters. The van der Waals surface area contributed by atoms with Crippen LogP contribution in [0.4, 0.5) is 10.3 Å². The molecule has 1 aliphatic heterocycles. The predicted molar refractivity (Wildman–Crippen MR) is 96.1 cm³/mol. The van der Waals surface area contributed by atoms with Crippen molar-refractivity contribution in [3.05, 3.63) is 64.2 Å². The number of hydrogen-bond donors (Lipinski definition) is 0. The first-order valence-electron chi connectivity index (χ1n) is 8.24. The molecule has 0 radical (unpaired) electrons.